The molecule has 0 aliphatic carbocycles. The second kappa shape index (κ2) is 3.18. The fraction of sp³-hybridized carbons (Fsp3) is 0.800. The van der Waals surface area contributed by atoms with Gasteiger partial charge in [0, 0.05) is 18.0 Å². The minimum absolute atomic E-state index is 0.173. The highest BCUT2D eigenvalue weighted by atomic mass is 16.6. The van der Waals surface area contributed by atoms with Gasteiger partial charge < -0.3 is 10.2 Å². The summed E-state index contributed by atoms with van der Waals surface area (Å²) in [5.41, 5.74) is 0. The quantitative estimate of drug-likeness (QED) is 0.436. The first kappa shape index (κ1) is 7.77. The molecule has 0 spiro atoms. The van der Waals surface area contributed by atoms with Crippen molar-refractivity contribution in [1.29, 1.82) is 0 Å². The molecule has 6 nitrogen and oxygen atoms in total. The van der Waals surface area contributed by atoms with Gasteiger partial charge in [-0.05, 0) is 0 Å². The summed E-state index contributed by atoms with van der Waals surface area (Å²) in [6.07, 6.45) is 0. The highest BCUT2D eigenvalue weighted by Crippen LogP contribution is 1.94. The van der Waals surface area contributed by atoms with E-state index in [0.717, 1.165) is 0 Å². The third-order valence-corrected chi connectivity index (χ3v) is 1.50. The van der Waals surface area contributed by atoms with E-state index in [1.165, 1.54) is 4.90 Å². The number of nitrogens with zero attached hydrogens (tertiary/aromatic N) is 2. The molecule has 0 radical (unpaired) electrons. The molecule has 1 saturated heterocycles. The summed E-state index contributed by atoms with van der Waals surface area (Å²) in [5.74, 6) is 0. The maximum Gasteiger partial charge on any atom is 0.317 e. The Labute approximate surface area is 63.3 Å². The molecule has 0 unspecified atom stereocenters. The number of carbonyl (C=O) groups is 1. The molecule has 6 heteroatoms. The maximum absolute atomic E-state index is 10.8. The Morgan fingerprint density at radius 3 is 2.91 bits per heavy atom. The number of hydrogen-bond acceptors (Lipinski definition) is 3. The number of urea groups is 1. The van der Waals surface area contributed by atoms with Crippen LogP contribution in [0.2, 0.25) is 0 Å². The second-order valence-electron chi connectivity index (χ2n) is 2.28. The van der Waals surface area contributed by atoms with E-state index < -0.39 is 4.92 Å². The predicted octanol–water partition coefficient (Wildman–Crippen LogP) is -0.712. The molecule has 1 N–H and O–H groups in total. The van der Waals surface area contributed by atoms with Crippen LogP contribution in [0.25, 0.3) is 0 Å². The van der Waals surface area contributed by atoms with E-state index >= 15 is 0 Å². The van der Waals surface area contributed by atoms with Crippen LogP contribution in [0.5, 0.6) is 0 Å². The summed E-state index contributed by atoms with van der Waals surface area (Å²) in [5, 5.41) is 12.5. The molecule has 1 aliphatic heterocycles. The first-order valence-electron chi connectivity index (χ1n) is 3.35. The topological polar surface area (TPSA) is 75.5 Å². The average molecular weight is 159 g/mol. The van der Waals surface area contributed by atoms with Gasteiger partial charge in [-0.15, -0.1) is 0 Å². The van der Waals surface area contributed by atoms with Crippen LogP contribution in [-0.2, 0) is 0 Å². The van der Waals surface area contributed by atoms with Gasteiger partial charge in [-0.3, -0.25) is 10.1 Å². The van der Waals surface area contributed by atoms with Crippen molar-refractivity contribution in [2.24, 2.45) is 0 Å². The van der Waals surface area contributed by atoms with E-state index in [0.29, 0.717) is 13.1 Å². The molecule has 0 bridgehead atoms. The number of nitrogens with one attached hydrogen (secondary N) is 1. The molecule has 62 valence electrons. The van der Waals surface area contributed by atoms with Crippen molar-refractivity contribution in [2.45, 2.75) is 0 Å². The Morgan fingerprint density at radius 1 is 1.73 bits per heavy atom. The van der Waals surface area contributed by atoms with Crippen molar-refractivity contribution in [2.75, 3.05) is 26.2 Å². The van der Waals surface area contributed by atoms with Crippen LogP contribution in [0.3, 0.4) is 0 Å². The Bertz CT molecular complexity index is 182. The zero-order chi connectivity index (χ0) is 8.27. The van der Waals surface area contributed by atoms with E-state index in [9.17, 15) is 14.9 Å². The first-order chi connectivity index (χ1) is 5.20. The van der Waals surface area contributed by atoms with Crippen LogP contribution in [0.15, 0.2) is 0 Å². The summed E-state index contributed by atoms with van der Waals surface area (Å²) in [7, 11) is 0. The highest BCUT2D eigenvalue weighted by Gasteiger charge is 2.20. The molecule has 1 aliphatic rings. The molecule has 0 atom stereocenters. The lowest BCUT2D eigenvalue weighted by atomic mass is 10.5. The lowest BCUT2D eigenvalue weighted by molar-refractivity contribution is -0.479. The molecule has 1 heterocycles. The second-order valence-corrected chi connectivity index (χ2v) is 2.28. The first-order valence-corrected chi connectivity index (χ1v) is 3.35. The van der Waals surface area contributed by atoms with Crippen molar-refractivity contribution in [3.63, 3.8) is 0 Å². The third kappa shape index (κ3) is 2.06. The van der Waals surface area contributed by atoms with Gasteiger partial charge >= 0.3 is 6.03 Å². The molecular weight excluding hydrogens is 150 g/mol. The smallest absolute Gasteiger partial charge is 0.317 e. The molecule has 0 aromatic carbocycles. The van der Waals surface area contributed by atoms with Gasteiger partial charge in [0.05, 0.1) is 6.54 Å². The third-order valence-electron chi connectivity index (χ3n) is 1.50. The lowest BCUT2D eigenvalue weighted by Gasteiger charge is -2.09. The maximum atomic E-state index is 10.8. The van der Waals surface area contributed by atoms with Crippen LogP contribution in [0, 0.1) is 10.1 Å². The van der Waals surface area contributed by atoms with Crippen molar-refractivity contribution in [1.82, 2.24) is 10.2 Å². The Balaban J connectivity index is 2.26. The summed E-state index contributed by atoms with van der Waals surface area (Å²) >= 11 is 0. The van der Waals surface area contributed by atoms with E-state index in [1.807, 2.05) is 0 Å². The van der Waals surface area contributed by atoms with Crippen LogP contribution >= 0.6 is 0 Å². The molecule has 1 fully saturated rings. The predicted molar refractivity (Wildman–Crippen MR) is 36.8 cm³/mol. The molecular formula is C5H9N3O3. The van der Waals surface area contributed by atoms with E-state index in [4.69, 9.17) is 0 Å². The van der Waals surface area contributed by atoms with Crippen molar-refractivity contribution < 1.29 is 9.72 Å². The molecule has 2 amide bonds. The minimum Gasteiger partial charge on any atom is -0.336 e. The zero-order valence-electron chi connectivity index (χ0n) is 5.95. The molecule has 1 rings (SSSR count). The van der Waals surface area contributed by atoms with E-state index in [2.05, 4.69) is 5.32 Å². The highest BCUT2D eigenvalue weighted by molar-refractivity contribution is 5.76. The fourth-order valence-corrected chi connectivity index (χ4v) is 0.927. The van der Waals surface area contributed by atoms with Gasteiger partial charge in [0.15, 0.2) is 0 Å². The molecule has 0 aromatic heterocycles. The van der Waals surface area contributed by atoms with Gasteiger partial charge in [-0.1, -0.05) is 0 Å². The summed E-state index contributed by atoms with van der Waals surface area (Å²) in [6, 6.07) is -0.202. The minimum atomic E-state index is -0.425. The van der Waals surface area contributed by atoms with E-state index in [-0.39, 0.29) is 19.1 Å². The molecule has 0 saturated carbocycles. The Hall–Kier alpha value is -1.33. The zero-order valence-corrected chi connectivity index (χ0v) is 5.95. The van der Waals surface area contributed by atoms with E-state index in [1.54, 1.807) is 0 Å². The number of nitro groups is 1. The van der Waals surface area contributed by atoms with Crippen molar-refractivity contribution >= 4 is 6.03 Å². The standard InChI is InChI=1S/C5H9N3O3/c9-5-6-1-2-7(5)3-4-8(10)11/h1-4H2,(H,6,9). The molecule has 11 heavy (non-hydrogen) atoms. The van der Waals surface area contributed by atoms with Crippen LogP contribution < -0.4 is 5.32 Å². The van der Waals surface area contributed by atoms with Gasteiger partial charge in [-0.25, -0.2) is 4.79 Å². The van der Waals surface area contributed by atoms with Crippen LogP contribution in [0.4, 0.5) is 4.79 Å². The summed E-state index contributed by atoms with van der Waals surface area (Å²) < 4.78 is 0. The Morgan fingerprint density at radius 2 is 2.45 bits per heavy atom. The number of hydrogen-bond donors (Lipinski definition) is 1. The lowest BCUT2D eigenvalue weighted by Crippen LogP contribution is -2.32. The van der Waals surface area contributed by atoms with Gasteiger partial charge in [0.2, 0.25) is 6.54 Å². The average Bonchev–Trinajstić information content (AvgIpc) is 2.31. The van der Waals surface area contributed by atoms with Crippen molar-refractivity contribution in [3.05, 3.63) is 10.1 Å². The van der Waals surface area contributed by atoms with Gasteiger partial charge in [0.1, 0.15) is 0 Å². The normalized spacial score (nSPS) is 16.7. The monoisotopic (exact) mass is 159 g/mol. The summed E-state index contributed by atoms with van der Waals surface area (Å²) in [4.78, 5) is 21.7. The van der Waals surface area contributed by atoms with Crippen LogP contribution in [-0.4, -0.2) is 42.0 Å². The number of carbonyl (C=O) groups excluding carboxylic acids is 1. The summed E-state index contributed by atoms with van der Waals surface area (Å²) in [6.45, 7) is 1.20. The SMILES string of the molecule is O=C1NCCN1CC[N+](=O)[O-]. The van der Waals surface area contributed by atoms with Gasteiger partial charge in [0.25, 0.3) is 0 Å². The van der Waals surface area contributed by atoms with Gasteiger partial charge in [-0.2, -0.15) is 0 Å². The molecule has 0 aromatic rings. The number of amides is 2. The number of rotatable bonds is 3. The largest absolute Gasteiger partial charge is 0.336 e. The van der Waals surface area contributed by atoms with Crippen LogP contribution in [0.1, 0.15) is 0 Å². The Kier molecular flexibility index (Phi) is 2.25. The fourth-order valence-electron chi connectivity index (χ4n) is 0.927. The van der Waals surface area contributed by atoms with Crippen molar-refractivity contribution in [3.8, 4) is 0 Å².